The number of aromatic nitrogens is 2. The maximum atomic E-state index is 12.9. The molecule has 3 aromatic rings. The number of nitrogens with zero attached hydrogens (tertiary/aromatic N) is 2. The van der Waals surface area contributed by atoms with E-state index >= 15 is 0 Å². The monoisotopic (exact) mass is 314 g/mol. The van der Waals surface area contributed by atoms with Gasteiger partial charge in [-0.3, -0.25) is 9.36 Å². The number of thiophene rings is 1. The van der Waals surface area contributed by atoms with Crippen LogP contribution in [0, 0.1) is 6.92 Å². The highest BCUT2D eigenvalue weighted by molar-refractivity contribution is 7.17. The first-order valence-corrected chi connectivity index (χ1v) is 8.05. The van der Waals surface area contributed by atoms with Crippen LogP contribution in [0.2, 0.25) is 0 Å². The molecule has 0 aliphatic rings. The van der Waals surface area contributed by atoms with Crippen LogP contribution in [-0.4, -0.2) is 16.7 Å². The van der Waals surface area contributed by atoms with Crippen molar-refractivity contribution in [3.8, 4) is 16.9 Å². The van der Waals surface area contributed by atoms with Gasteiger partial charge in [-0.1, -0.05) is 12.1 Å². The average molecular weight is 314 g/mol. The van der Waals surface area contributed by atoms with Gasteiger partial charge in [0.25, 0.3) is 5.56 Å². The van der Waals surface area contributed by atoms with E-state index in [9.17, 15) is 4.79 Å². The number of hydrogen-bond donors (Lipinski definition) is 0. The highest BCUT2D eigenvalue weighted by Gasteiger charge is 2.16. The fourth-order valence-corrected chi connectivity index (χ4v) is 3.68. The number of benzene rings is 1. The summed E-state index contributed by atoms with van der Waals surface area (Å²) in [5, 5.41) is 2.71. The molecule has 0 spiro atoms. The van der Waals surface area contributed by atoms with Crippen LogP contribution in [0.5, 0.6) is 5.75 Å². The molecule has 0 saturated carbocycles. The third-order valence-corrected chi connectivity index (χ3v) is 4.61. The Morgan fingerprint density at radius 2 is 1.91 bits per heavy atom. The van der Waals surface area contributed by atoms with Crippen LogP contribution in [0.3, 0.4) is 0 Å². The lowest BCUT2D eigenvalue weighted by molar-refractivity contribution is 0.415. The lowest BCUT2D eigenvalue weighted by atomic mass is 10.1. The third kappa shape index (κ3) is 2.31. The summed E-state index contributed by atoms with van der Waals surface area (Å²) >= 11 is 1.51. The maximum absolute atomic E-state index is 12.9. The first-order chi connectivity index (χ1) is 10.5. The van der Waals surface area contributed by atoms with E-state index in [1.54, 1.807) is 11.7 Å². The smallest absolute Gasteiger partial charge is 0.263 e. The number of hydrogen-bond acceptors (Lipinski definition) is 4. The molecule has 1 aromatic carbocycles. The van der Waals surface area contributed by atoms with Crippen LogP contribution in [0.25, 0.3) is 21.3 Å². The van der Waals surface area contributed by atoms with Crippen molar-refractivity contribution in [2.24, 2.45) is 0 Å². The van der Waals surface area contributed by atoms with Crippen LogP contribution in [0.15, 0.2) is 34.4 Å². The van der Waals surface area contributed by atoms with Gasteiger partial charge in [0.1, 0.15) is 16.4 Å². The SMILES string of the molecule is COc1ccc(-c2csc3nc(C)n(C(C)C)c(=O)c23)cc1. The minimum atomic E-state index is 0.0320. The van der Waals surface area contributed by atoms with Gasteiger partial charge in [-0.25, -0.2) is 4.98 Å². The first-order valence-electron chi connectivity index (χ1n) is 7.17. The van der Waals surface area contributed by atoms with Crippen molar-refractivity contribution in [3.05, 3.63) is 45.8 Å². The van der Waals surface area contributed by atoms with Gasteiger partial charge in [-0.2, -0.15) is 0 Å². The van der Waals surface area contributed by atoms with Crippen molar-refractivity contribution in [1.29, 1.82) is 0 Å². The van der Waals surface area contributed by atoms with Crippen molar-refractivity contribution in [1.82, 2.24) is 9.55 Å². The van der Waals surface area contributed by atoms with Gasteiger partial charge in [0.2, 0.25) is 0 Å². The van der Waals surface area contributed by atoms with Gasteiger partial charge in [0, 0.05) is 17.0 Å². The molecule has 0 aliphatic heterocycles. The van der Waals surface area contributed by atoms with Crippen LogP contribution >= 0.6 is 11.3 Å². The standard InChI is InChI=1S/C17H18N2O2S/c1-10(2)19-11(3)18-16-15(17(19)20)14(9-22-16)12-5-7-13(21-4)8-6-12/h5-10H,1-4H3. The summed E-state index contributed by atoms with van der Waals surface area (Å²) in [6.45, 7) is 5.89. The lowest BCUT2D eigenvalue weighted by Gasteiger charge is -2.13. The van der Waals surface area contributed by atoms with E-state index in [-0.39, 0.29) is 11.6 Å². The summed E-state index contributed by atoms with van der Waals surface area (Å²) in [7, 11) is 1.64. The van der Waals surface area contributed by atoms with E-state index in [2.05, 4.69) is 4.98 Å². The predicted octanol–water partition coefficient (Wildman–Crippen LogP) is 4.02. The molecule has 4 nitrogen and oxygen atoms in total. The molecule has 2 heterocycles. The van der Waals surface area contributed by atoms with Gasteiger partial charge in [0.05, 0.1) is 12.5 Å². The summed E-state index contributed by atoms with van der Waals surface area (Å²) in [4.78, 5) is 18.3. The van der Waals surface area contributed by atoms with Crippen LogP contribution in [0.1, 0.15) is 25.7 Å². The average Bonchev–Trinajstić information content (AvgIpc) is 2.91. The summed E-state index contributed by atoms with van der Waals surface area (Å²) in [5.74, 6) is 1.56. The van der Waals surface area contributed by atoms with Gasteiger partial charge in [-0.15, -0.1) is 11.3 Å². The van der Waals surface area contributed by atoms with E-state index in [0.717, 1.165) is 27.5 Å². The maximum Gasteiger partial charge on any atom is 0.263 e. The van der Waals surface area contributed by atoms with Crippen LogP contribution in [-0.2, 0) is 0 Å². The Labute approximate surface area is 133 Å². The molecule has 0 fully saturated rings. The Kier molecular flexibility index (Phi) is 3.74. The Morgan fingerprint density at radius 1 is 1.23 bits per heavy atom. The van der Waals surface area contributed by atoms with E-state index < -0.39 is 0 Å². The Balaban J connectivity index is 2.27. The topological polar surface area (TPSA) is 44.1 Å². The summed E-state index contributed by atoms with van der Waals surface area (Å²) < 4.78 is 6.94. The minimum Gasteiger partial charge on any atom is -0.497 e. The highest BCUT2D eigenvalue weighted by atomic mass is 32.1. The summed E-state index contributed by atoms with van der Waals surface area (Å²) in [5.41, 5.74) is 1.98. The molecule has 0 saturated heterocycles. The Morgan fingerprint density at radius 3 is 2.50 bits per heavy atom. The van der Waals surface area contributed by atoms with Crippen molar-refractivity contribution in [2.45, 2.75) is 26.8 Å². The summed E-state index contributed by atoms with van der Waals surface area (Å²) in [6, 6.07) is 7.84. The molecular formula is C17H18N2O2S. The van der Waals surface area contributed by atoms with E-state index in [4.69, 9.17) is 4.74 Å². The molecule has 0 amide bonds. The molecular weight excluding hydrogens is 296 g/mol. The van der Waals surface area contributed by atoms with Gasteiger partial charge in [-0.05, 0) is 38.5 Å². The molecule has 0 bridgehead atoms. The quantitative estimate of drug-likeness (QED) is 0.733. The number of fused-ring (bicyclic) bond motifs is 1. The third-order valence-electron chi connectivity index (χ3n) is 3.73. The first kappa shape index (κ1) is 14.8. The molecule has 114 valence electrons. The molecule has 3 rings (SSSR count). The van der Waals surface area contributed by atoms with Crippen LogP contribution in [0.4, 0.5) is 0 Å². The summed E-state index contributed by atoms with van der Waals surface area (Å²) in [6.07, 6.45) is 0. The molecule has 2 aromatic heterocycles. The number of aryl methyl sites for hydroxylation is 1. The largest absolute Gasteiger partial charge is 0.497 e. The minimum absolute atomic E-state index is 0.0320. The van der Waals surface area contributed by atoms with Gasteiger partial charge in [0.15, 0.2) is 0 Å². The van der Waals surface area contributed by atoms with E-state index in [1.807, 2.05) is 50.4 Å². The number of methoxy groups -OCH3 is 1. The normalized spacial score (nSPS) is 11.3. The lowest BCUT2D eigenvalue weighted by Crippen LogP contribution is -2.25. The van der Waals surface area contributed by atoms with Crippen molar-refractivity contribution >= 4 is 21.6 Å². The molecule has 22 heavy (non-hydrogen) atoms. The molecule has 0 N–H and O–H groups in total. The zero-order chi connectivity index (χ0) is 15.9. The number of rotatable bonds is 3. The van der Waals surface area contributed by atoms with Crippen LogP contribution < -0.4 is 10.3 Å². The van der Waals surface area contributed by atoms with Gasteiger partial charge >= 0.3 is 0 Å². The van der Waals surface area contributed by atoms with E-state index in [0.29, 0.717) is 5.39 Å². The second kappa shape index (κ2) is 5.57. The Bertz CT molecular complexity index is 876. The second-order valence-electron chi connectivity index (χ2n) is 5.49. The fraction of sp³-hybridized carbons (Fsp3) is 0.294. The molecule has 0 atom stereocenters. The Hall–Kier alpha value is -2.14. The molecule has 0 radical (unpaired) electrons. The molecule has 0 aliphatic carbocycles. The fourth-order valence-electron chi connectivity index (χ4n) is 2.70. The van der Waals surface area contributed by atoms with Crippen molar-refractivity contribution in [2.75, 3.05) is 7.11 Å². The van der Waals surface area contributed by atoms with Gasteiger partial charge < -0.3 is 4.74 Å². The predicted molar refractivity (Wildman–Crippen MR) is 91.0 cm³/mol. The molecule has 5 heteroatoms. The number of ether oxygens (including phenoxy) is 1. The van der Waals surface area contributed by atoms with Crippen molar-refractivity contribution < 1.29 is 4.74 Å². The molecule has 0 unspecified atom stereocenters. The zero-order valence-electron chi connectivity index (χ0n) is 13.1. The van der Waals surface area contributed by atoms with Crippen molar-refractivity contribution in [3.63, 3.8) is 0 Å². The van der Waals surface area contributed by atoms with E-state index in [1.165, 1.54) is 11.3 Å². The zero-order valence-corrected chi connectivity index (χ0v) is 13.9. The second-order valence-corrected chi connectivity index (χ2v) is 6.34. The highest BCUT2D eigenvalue weighted by Crippen LogP contribution is 2.32.